The third-order valence-corrected chi connectivity index (χ3v) is 7.39. The molecule has 0 saturated carbocycles. The summed E-state index contributed by atoms with van der Waals surface area (Å²) in [4.78, 5) is 18.0. The first-order valence-corrected chi connectivity index (χ1v) is 8.86. The first-order chi connectivity index (χ1) is 10.2. The van der Waals surface area contributed by atoms with E-state index < -0.39 is 0 Å². The quantitative estimate of drug-likeness (QED) is 0.733. The summed E-state index contributed by atoms with van der Waals surface area (Å²) in [5, 5.41) is 0. The van der Waals surface area contributed by atoms with E-state index in [0.717, 1.165) is 32.1 Å². The molecule has 4 heterocycles. The fraction of sp³-hybridized carbons (Fsp3) is 0.842. The number of piperidine rings is 2. The summed E-state index contributed by atoms with van der Waals surface area (Å²) in [7, 11) is 0. The zero-order valence-corrected chi connectivity index (χ0v) is 14.8. The zero-order chi connectivity index (χ0) is 15.9. The van der Waals surface area contributed by atoms with Gasteiger partial charge in [-0.25, -0.2) is 0 Å². The van der Waals surface area contributed by atoms with Gasteiger partial charge in [0, 0.05) is 26.2 Å². The van der Waals surface area contributed by atoms with Gasteiger partial charge in [0.25, 0.3) is 0 Å². The second-order valence-corrected chi connectivity index (χ2v) is 9.52. The lowest BCUT2D eigenvalue weighted by Gasteiger charge is -2.65. The molecule has 5 aliphatic rings. The highest BCUT2D eigenvalue weighted by atomic mass is 16.1. The van der Waals surface area contributed by atoms with E-state index in [2.05, 4.69) is 50.5 Å². The molecule has 0 N–H and O–H groups in total. The Morgan fingerprint density at radius 3 is 1.95 bits per heavy atom. The van der Waals surface area contributed by atoms with Gasteiger partial charge in [-0.05, 0) is 31.1 Å². The van der Waals surface area contributed by atoms with E-state index in [0.29, 0.717) is 17.4 Å². The highest BCUT2D eigenvalue weighted by Gasteiger charge is 2.62. The Morgan fingerprint density at radius 1 is 1.05 bits per heavy atom. The topological polar surface area (TPSA) is 23.6 Å². The Bertz CT molecular complexity index is 522. The molecule has 4 bridgehead atoms. The maximum atomic E-state index is 12.8. The minimum Gasteiger partial charge on any atom is -0.298 e. The number of Topliss-reactive ketones (excluding diaryl/α,β-unsaturated/α-hetero) is 1. The van der Waals surface area contributed by atoms with Crippen molar-refractivity contribution in [1.29, 1.82) is 0 Å². The van der Waals surface area contributed by atoms with Crippen LogP contribution in [0.1, 0.15) is 47.5 Å². The molecule has 0 aromatic carbocycles. The van der Waals surface area contributed by atoms with Crippen molar-refractivity contribution < 1.29 is 4.79 Å². The summed E-state index contributed by atoms with van der Waals surface area (Å²) in [5.41, 5.74) is 1.64. The van der Waals surface area contributed by atoms with Crippen LogP contribution in [0.3, 0.4) is 0 Å². The zero-order valence-electron chi connectivity index (χ0n) is 14.8. The molecular weight excluding hydrogens is 272 g/mol. The molecule has 0 aromatic heterocycles. The van der Waals surface area contributed by atoms with Crippen molar-refractivity contribution in [3.05, 3.63) is 11.6 Å². The summed E-state index contributed by atoms with van der Waals surface area (Å²) in [6.07, 6.45) is 5.47. The van der Waals surface area contributed by atoms with Crippen molar-refractivity contribution in [2.75, 3.05) is 26.2 Å². The number of nitrogens with zero attached hydrogens (tertiary/aromatic N) is 2. The Hall–Kier alpha value is -0.670. The largest absolute Gasteiger partial charge is 0.298 e. The Balaban J connectivity index is 1.56. The van der Waals surface area contributed by atoms with Crippen LogP contribution in [0.25, 0.3) is 0 Å². The van der Waals surface area contributed by atoms with E-state index in [-0.39, 0.29) is 10.8 Å². The molecule has 22 heavy (non-hydrogen) atoms. The van der Waals surface area contributed by atoms with Crippen molar-refractivity contribution >= 4 is 5.78 Å². The lowest BCUT2D eigenvalue weighted by Crippen LogP contribution is -2.78. The molecule has 0 aromatic rings. The monoisotopic (exact) mass is 302 g/mol. The van der Waals surface area contributed by atoms with Gasteiger partial charge < -0.3 is 0 Å². The maximum Gasteiger partial charge on any atom is 0.149 e. The predicted octanol–water partition coefficient (Wildman–Crippen LogP) is 2.92. The Labute approximate surface area is 134 Å². The standard InChI is InChI=1S/C19H30N2O/c1-13-6-7-14(17(13,2)3)8-15-20-9-18(4)10-21(15)12-19(5,11-20)16(18)22/h6,14-15H,7-12H2,1-5H3/t14-,15?,18?,19?/m0/s1. The van der Waals surface area contributed by atoms with Crippen molar-refractivity contribution in [2.45, 2.75) is 53.6 Å². The molecule has 4 fully saturated rings. The molecule has 3 heteroatoms. The van der Waals surface area contributed by atoms with E-state index in [1.807, 2.05) is 0 Å². The van der Waals surface area contributed by atoms with Crippen LogP contribution in [-0.2, 0) is 4.79 Å². The lowest BCUT2D eigenvalue weighted by atomic mass is 9.61. The van der Waals surface area contributed by atoms with E-state index in [4.69, 9.17) is 0 Å². The number of rotatable bonds is 2. The van der Waals surface area contributed by atoms with Crippen LogP contribution in [-0.4, -0.2) is 47.9 Å². The van der Waals surface area contributed by atoms with Crippen LogP contribution in [0.5, 0.6) is 0 Å². The van der Waals surface area contributed by atoms with Gasteiger partial charge in [-0.15, -0.1) is 0 Å². The predicted molar refractivity (Wildman–Crippen MR) is 88.4 cm³/mol. The number of hydrogen-bond donors (Lipinski definition) is 0. The van der Waals surface area contributed by atoms with Crippen LogP contribution in [0, 0.1) is 22.2 Å². The number of carbonyl (C=O) groups is 1. The molecule has 3 nitrogen and oxygen atoms in total. The molecule has 1 atom stereocenters. The van der Waals surface area contributed by atoms with Crippen LogP contribution in [0.15, 0.2) is 11.6 Å². The van der Waals surface area contributed by atoms with Gasteiger partial charge in [0.15, 0.2) is 0 Å². The smallest absolute Gasteiger partial charge is 0.149 e. The molecule has 4 saturated heterocycles. The highest BCUT2D eigenvalue weighted by molar-refractivity contribution is 5.92. The van der Waals surface area contributed by atoms with Crippen molar-refractivity contribution in [3.63, 3.8) is 0 Å². The molecule has 0 unspecified atom stereocenters. The van der Waals surface area contributed by atoms with Crippen molar-refractivity contribution in [3.8, 4) is 0 Å². The summed E-state index contributed by atoms with van der Waals surface area (Å²) < 4.78 is 0. The van der Waals surface area contributed by atoms with E-state index >= 15 is 0 Å². The highest BCUT2D eigenvalue weighted by Crippen LogP contribution is 2.51. The van der Waals surface area contributed by atoms with Crippen molar-refractivity contribution in [2.24, 2.45) is 22.2 Å². The normalized spacial score (nSPS) is 52.2. The second kappa shape index (κ2) is 4.24. The number of hydrogen-bond acceptors (Lipinski definition) is 3. The van der Waals surface area contributed by atoms with Gasteiger partial charge in [-0.3, -0.25) is 14.6 Å². The first kappa shape index (κ1) is 14.9. The fourth-order valence-electron chi connectivity index (χ4n) is 5.82. The van der Waals surface area contributed by atoms with Gasteiger partial charge in [0.2, 0.25) is 0 Å². The summed E-state index contributed by atoms with van der Waals surface area (Å²) >= 11 is 0. The van der Waals surface area contributed by atoms with E-state index in [1.165, 1.54) is 12.8 Å². The molecule has 5 rings (SSSR count). The fourth-order valence-corrected chi connectivity index (χ4v) is 5.82. The second-order valence-electron chi connectivity index (χ2n) is 9.52. The van der Waals surface area contributed by atoms with Gasteiger partial charge in [-0.2, -0.15) is 0 Å². The third kappa shape index (κ3) is 1.78. The summed E-state index contributed by atoms with van der Waals surface area (Å²) in [6, 6.07) is 0. The van der Waals surface area contributed by atoms with Gasteiger partial charge in [-0.1, -0.05) is 39.3 Å². The minimum absolute atomic E-state index is 0.124. The van der Waals surface area contributed by atoms with Gasteiger partial charge in [0.1, 0.15) is 5.78 Å². The van der Waals surface area contributed by atoms with E-state index in [1.54, 1.807) is 5.57 Å². The lowest BCUT2D eigenvalue weighted by molar-refractivity contribution is -0.198. The van der Waals surface area contributed by atoms with Crippen molar-refractivity contribution in [1.82, 2.24) is 9.80 Å². The minimum atomic E-state index is -0.124. The summed E-state index contributed by atoms with van der Waals surface area (Å²) in [5.74, 6) is 1.26. The molecule has 4 aliphatic heterocycles. The first-order valence-electron chi connectivity index (χ1n) is 8.86. The van der Waals surface area contributed by atoms with Crippen LogP contribution in [0.4, 0.5) is 0 Å². The number of allylic oxidation sites excluding steroid dienone is 2. The van der Waals surface area contributed by atoms with E-state index in [9.17, 15) is 4.79 Å². The molecule has 0 radical (unpaired) electrons. The molecular formula is C19H30N2O. The van der Waals surface area contributed by atoms with Crippen LogP contribution >= 0.6 is 0 Å². The SMILES string of the molecule is CC1=CC[C@@H](CC2N3CC4(C)CN2CC(C)(C3)C4=O)C1(C)C. The van der Waals surface area contributed by atoms with Gasteiger partial charge in [0.05, 0.1) is 17.0 Å². The average Bonchev–Trinajstić information content (AvgIpc) is 2.65. The van der Waals surface area contributed by atoms with Crippen LogP contribution < -0.4 is 0 Å². The Kier molecular flexibility index (Phi) is 2.87. The average molecular weight is 302 g/mol. The Morgan fingerprint density at radius 2 is 1.55 bits per heavy atom. The molecule has 1 aliphatic carbocycles. The molecule has 122 valence electrons. The van der Waals surface area contributed by atoms with Crippen LogP contribution in [0.2, 0.25) is 0 Å². The molecule has 0 spiro atoms. The maximum absolute atomic E-state index is 12.8. The number of carbonyl (C=O) groups excluding carboxylic acids is 1. The third-order valence-electron chi connectivity index (χ3n) is 7.39. The number of ketones is 1. The summed E-state index contributed by atoms with van der Waals surface area (Å²) in [6.45, 7) is 15.4. The molecule has 0 amide bonds. The van der Waals surface area contributed by atoms with Gasteiger partial charge >= 0.3 is 0 Å².